The number of nitrogens with one attached hydrogen (secondary N) is 2. The molecule has 6 heteroatoms. The van der Waals surface area contributed by atoms with Gasteiger partial charge in [0.25, 0.3) is 5.91 Å². The van der Waals surface area contributed by atoms with Crippen molar-refractivity contribution in [3.63, 3.8) is 0 Å². The lowest BCUT2D eigenvalue weighted by Gasteiger charge is -2.22. The van der Waals surface area contributed by atoms with Crippen LogP contribution < -0.4 is 19.7 Å². The van der Waals surface area contributed by atoms with Crippen LogP contribution in [-0.2, 0) is 11.3 Å². The lowest BCUT2D eigenvalue weighted by Crippen LogP contribution is -3.12. The van der Waals surface area contributed by atoms with E-state index in [4.69, 9.17) is 9.47 Å². The molecule has 0 aliphatic rings. The quantitative estimate of drug-likeness (QED) is 0.696. The number of Topliss-reactive ketones (excluding diaryl/α,β-unsaturated/α-hetero) is 1. The smallest absolute Gasteiger partial charge is 0.282 e. The molecular formula is C21H27N2O4+. The van der Waals surface area contributed by atoms with Crippen LogP contribution in [0.2, 0.25) is 0 Å². The van der Waals surface area contributed by atoms with Gasteiger partial charge in [-0.3, -0.25) is 9.59 Å². The van der Waals surface area contributed by atoms with Crippen molar-refractivity contribution in [2.24, 2.45) is 0 Å². The summed E-state index contributed by atoms with van der Waals surface area (Å²) in [4.78, 5) is 25.1. The van der Waals surface area contributed by atoms with E-state index in [9.17, 15) is 9.59 Å². The molecule has 0 saturated carbocycles. The summed E-state index contributed by atoms with van der Waals surface area (Å²) in [5.74, 6) is 1.31. The van der Waals surface area contributed by atoms with E-state index in [0.717, 1.165) is 22.0 Å². The highest BCUT2D eigenvalue weighted by molar-refractivity contribution is 5.97. The van der Waals surface area contributed by atoms with Crippen molar-refractivity contribution in [3.05, 3.63) is 53.6 Å². The van der Waals surface area contributed by atoms with E-state index in [1.807, 2.05) is 32.2 Å². The highest BCUT2D eigenvalue weighted by atomic mass is 16.5. The largest absolute Gasteiger partial charge is 0.497 e. The molecule has 0 aliphatic heterocycles. The number of methoxy groups -OCH3 is 2. The SMILES string of the molecule is COc1ccc(C[NH+](C)[C@H](C)C(=O)Nc2cccc(C(C)=O)c2)c(OC)c1. The molecule has 0 aliphatic carbocycles. The lowest BCUT2D eigenvalue weighted by molar-refractivity contribution is -0.907. The van der Waals surface area contributed by atoms with Crippen molar-refractivity contribution in [2.45, 2.75) is 26.4 Å². The van der Waals surface area contributed by atoms with Gasteiger partial charge in [0.15, 0.2) is 11.8 Å². The predicted molar refractivity (Wildman–Crippen MR) is 105 cm³/mol. The van der Waals surface area contributed by atoms with Crippen molar-refractivity contribution in [1.29, 1.82) is 0 Å². The maximum absolute atomic E-state index is 12.6. The normalized spacial score (nSPS) is 12.8. The number of quaternary nitrogens is 1. The zero-order chi connectivity index (χ0) is 20.0. The molecule has 2 rings (SSSR count). The molecule has 0 heterocycles. The van der Waals surface area contributed by atoms with Crippen LogP contribution in [0.4, 0.5) is 5.69 Å². The Balaban J connectivity index is 2.06. The van der Waals surface area contributed by atoms with Gasteiger partial charge in [-0.15, -0.1) is 0 Å². The number of rotatable bonds is 8. The fourth-order valence-corrected chi connectivity index (χ4v) is 2.74. The van der Waals surface area contributed by atoms with Crippen LogP contribution in [0.1, 0.15) is 29.8 Å². The second kappa shape index (κ2) is 9.19. The summed E-state index contributed by atoms with van der Waals surface area (Å²) >= 11 is 0. The van der Waals surface area contributed by atoms with Crippen LogP contribution in [0.15, 0.2) is 42.5 Å². The van der Waals surface area contributed by atoms with Crippen molar-refractivity contribution >= 4 is 17.4 Å². The van der Waals surface area contributed by atoms with Gasteiger partial charge >= 0.3 is 0 Å². The molecule has 2 aromatic carbocycles. The van der Waals surface area contributed by atoms with E-state index >= 15 is 0 Å². The summed E-state index contributed by atoms with van der Waals surface area (Å²) in [5, 5.41) is 2.89. The monoisotopic (exact) mass is 371 g/mol. The summed E-state index contributed by atoms with van der Waals surface area (Å²) in [5.41, 5.74) is 2.19. The van der Waals surface area contributed by atoms with E-state index in [1.165, 1.54) is 6.92 Å². The summed E-state index contributed by atoms with van der Waals surface area (Å²) in [6.45, 7) is 3.99. The van der Waals surface area contributed by atoms with E-state index in [0.29, 0.717) is 17.8 Å². The number of carbonyl (C=O) groups is 2. The lowest BCUT2D eigenvalue weighted by atomic mass is 10.1. The molecule has 2 aromatic rings. The van der Waals surface area contributed by atoms with Crippen LogP contribution in [0.25, 0.3) is 0 Å². The standard InChI is InChI=1S/C21H26N2O4/c1-14(21(25)22-18-8-6-7-16(11-18)15(2)24)23(3)13-17-9-10-19(26-4)12-20(17)27-5/h6-12,14H,13H2,1-5H3,(H,22,25)/p+1/t14-/m1/s1. The minimum atomic E-state index is -0.294. The molecule has 2 N–H and O–H groups in total. The first-order valence-corrected chi connectivity index (χ1v) is 8.80. The van der Waals surface area contributed by atoms with Gasteiger partial charge in [-0.2, -0.15) is 0 Å². The van der Waals surface area contributed by atoms with Crippen LogP contribution in [0.3, 0.4) is 0 Å². The number of carbonyl (C=O) groups excluding carboxylic acids is 2. The second-order valence-electron chi connectivity index (χ2n) is 6.55. The molecule has 0 radical (unpaired) electrons. The summed E-state index contributed by atoms with van der Waals surface area (Å²) in [6, 6.07) is 12.3. The Hall–Kier alpha value is -2.86. The summed E-state index contributed by atoms with van der Waals surface area (Å²) < 4.78 is 10.7. The van der Waals surface area contributed by atoms with E-state index in [1.54, 1.807) is 38.5 Å². The fourth-order valence-electron chi connectivity index (χ4n) is 2.74. The van der Waals surface area contributed by atoms with E-state index < -0.39 is 0 Å². The molecule has 0 fully saturated rings. The fraction of sp³-hybridized carbons (Fsp3) is 0.333. The number of ether oxygens (including phenoxy) is 2. The molecule has 1 unspecified atom stereocenters. The van der Waals surface area contributed by atoms with Crippen LogP contribution in [-0.4, -0.2) is 39.0 Å². The van der Waals surface area contributed by atoms with Gasteiger partial charge < -0.3 is 19.7 Å². The van der Waals surface area contributed by atoms with Gasteiger partial charge in [0.1, 0.15) is 18.0 Å². The Labute approximate surface area is 160 Å². The molecule has 6 nitrogen and oxygen atoms in total. The number of benzene rings is 2. The van der Waals surface area contributed by atoms with Gasteiger partial charge in [0.05, 0.1) is 21.3 Å². The molecule has 0 saturated heterocycles. The topological polar surface area (TPSA) is 69.1 Å². The minimum absolute atomic E-state index is 0.0338. The molecule has 2 atom stereocenters. The summed E-state index contributed by atoms with van der Waals surface area (Å²) in [7, 11) is 5.19. The number of anilines is 1. The average Bonchev–Trinajstić information content (AvgIpc) is 2.67. The Morgan fingerprint density at radius 2 is 1.85 bits per heavy atom. The Morgan fingerprint density at radius 1 is 1.11 bits per heavy atom. The third kappa shape index (κ3) is 5.31. The first kappa shape index (κ1) is 20.5. The predicted octanol–water partition coefficient (Wildman–Crippen LogP) is 1.95. The van der Waals surface area contributed by atoms with Crippen molar-refractivity contribution in [2.75, 3.05) is 26.6 Å². The highest BCUT2D eigenvalue weighted by Crippen LogP contribution is 2.23. The van der Waals surface area contributed by atoms with Gasteiger partial charge in [-0.05, 0) is 38.1 Å². The van der Waals surface area contributed by atoms with Gasteiger partial charge in [0.2, 0.25) is 0 Å². The molecule has 144 valence electrons. The molecule has 0 aromatic heterocycles. The number of amides is 1. The Kier molecular flexibility index (Phi) is 6.96. The molecule has 27 heavy (non-hydrogen) atoms. The second-order valence-corrected chi connectivity index (χ2v) is 6.55. The molecular weight excluding hydrogens is 344 g/mol. The maximum atomic E-state index is 12.6. The van der Waals surface area contributed by atoms with Crippen LogP contribution >= 0.6 is 0 Å². The first-order chi connectivity index (χ1) is 12.8. The van der Waals surface area contributed by atoms with Gasteiger partial charge in [-0.1, -0.05) is 12.1 Å². The van der Waals surface area contributed by atoms with Crippen molar-refractivity contribution < 1.29 is 24.0 Å². The average molecular weight is 371 g/mol. The van der Waals surface area contributed by atoms with Gasteiger partial charge in [0, 0.05) is 22.9 Å². The Morgan fingerprint density at radius 3 is 2.48 bits per heavy atom. The van der Waals surface area contributed by atoms with E-state index in [2.05, 4.69) is 5.32 Å². The zero-order valence-electron chi connectivity index (χ0n) is 16.5. The van der Waals surface area contributed by atoms with Crippen molar-refractivity contribution in [1.82, 2.24) is 0 Å². The summed E-state index contributed by atoms with van der Waals surface area (Å²) in [6.07, 6.45) is 0. The van der Waals surface area contributed by atoms with Crippen LogP contribution in [0.5, 0.6) is 11.5 Å². The van der Waals surface area contributed by atoms with E-state index in [-0.39, 0.29) is 17.7 Å². The number of hydrogen-bond acceptors (Lipinski definition) is 4. The highest BCUT2D eigenvalue weighted by Gasteiger charge is 2.23. The molecule has 0 spiro atoms. The van der Waals surface area contributed by atoms with Crippen molar-refractivity contribution in [3.8, 4) is 11.5 Å². The zero-order valence-corrected chi connectivity index (χ0v) is 16.5. The van der Waals surface area contributed by atoms with Crippen LogP contribution in [0, 0.1) is 0 Å². The minimum Gasteiger partial charge on any atom is -0.497 e. The third-order valence-electron chi connectivity index (χ3n) is 4.63. The maximum Gasteiger partial charge on any atom is 0.282 e. The van der Waals surface area contributed by atoms with Gasteiger partial charge in [-0.25, -0.2) is 0 Å². The Bertz CT molecular complexity index is 820. The molecule has 1 amide bonds. The first-order valence-electron chi connectivity index (χ1n) is 8.80. The molecule has 0 bridgehead atoms. The number of ketones is 1. The number of hydrogen-bond donors (Lipinski definition) is 2. The third-order valence-corrected chi connectivity index (χ3v) is 4.63. The number of likely N-dealkylation sites (N-methyl/N-ethyl adjacent to an activating group) is 1.